The Bertz CT molecular complexity index is 803. The molecule has 1 aliphatic rings. The summed E-state index contributed by atoms with van der Waals surface area (Å²) in [5, 5.41) is 9.65. The second-order valence-corrected chi connectivity index (χ2v) is 9.03. The maximum Gasteiger partial charge on any atom is 0.235 e. The van der Waals surface area contributed by atoms with Gasteiger partial charge in [0, 0.05) is 25.7 Å². The highest BCUT2D eigenvalue weighted by molar-refractivity contribution is 8.00. The molecule has 1 amide bonds. The van der Waals surface area contributed by atoms with Crippen molar-refractivity contribution in [3.63, 3.8) is 0 Å². The molecule has 1 aromatic carbocycles. The molecule has 1 heterocycles. The van der Waals surface area contributed by atoms with Crippen molar-refractivity contribution in [3.8, 4) is 17.1 Å². The number of thioether (sulfide) groups is 1. The molecule has 1 aliphatic carbocycles. The van der Waals surface area contributed by atoms with Gasteiger partial charge in [-0.15, -0.1) is 10.2 Å². The number of benzene rings is 1. The Morgan fingerprint density at radius 3 is 2.50 bits per heavy atom. The van der Waals surface area contributed by atoms with Gasteiger partial charge in [-0.05, 0) is 49.9 Å². The third-order valence-corrected chi connectivity index (χ3v) is 6.53. The molecule has 0 spiro atoms. The molecule has 0 radical (unpaired) electrons. The monoisotopic (exact) mass is 402 g/mol. The number of methoxy groups -OCH3 is 1. The van der Waals surface area contributed by atoms with Crippen LogP contribution in [0.25, 0.3) is 11.4 Å². The van der Waals surface area contributed by atoms with Crippen molar-refractivity contribution in [1.82, 2.24) is 19.7 Å². The minimum absolute atomic E-state index is 0.0854. The van der Waals surface area contributed by atoms with Gasteiger partial charge in [-0.25, -0.2) is 0 Å². The molecule has 0 unspecified atom stereocenters. The molecular formula is C21H30N4O2S. The van der Waals surface area contributed by atoms with E-state index < -0.39 is 0 Å². The van der Waals surface area contributed by atoms with Crippen LogP contribution in [0.3, 0.4) is 0 Å². The van der Waals surface area contributed by atoms with Crippen LogP contribution in [0.2, 0.25) is 0 Å². The van der Waals surface area contributed by atoms with E-state index in [4.69, 9.17) is 4.74 Å². The Hall–Kier alpha value is -2.02. The van der Waals surface area contributed by atoms with Gasteiger partial charge in [-0.1, -0.05) is 31.5 Å². The van der Waals surface area contributed by atoms with Crippen molar-refractivity contribution >= 4 is 17.7 Å². The molecule has 2 aromatic rings. The minimum Gasteiger partial charge on any atom is -0.497 e. The number of amides is 1. The summed E-state index contributed by atoms with van der Waals surface area (Å²) >= 11 is 1.50. The van der Waals surface area contributed by atoms with Crippen LogP contribution in [-0.4, -0.2) is 52.0 Å². The van der Waals surface area contributed by atoms with Crippen molar-refractivity contribution in [3.05, 3.63) is 24.3 Å². The summed E-state index contributed by atoms with van der Waals surface area (Å²) in [5.41, 5.74) is 1.02. The average Bonchev–Trinajstić information content (AvgIpc) is 3.10. The number of ether oxygens (including phenoxy) is 1. The molecule has 1 saturated carbocycles. The van der Waals surface area contributed by atoms with E-state index in [0.29, 0.717) is 12.0 Å². The van der Waals surface area contributed by atoms with E-state index in [-0.39, 0.29) is 11.2 Å². The molecule has 1 fully saturated rings. The standard InChI is InChI=1S/C21H30N4O2S/c1-14-8-6-7-9-18(14)25-19(16-10-12-17(27-5)13-11-16)22-23-21(25)28-15(2)20(26)24(3)4/h10-15,18H,6-9H2,1-5H3/t14-,15-,18-/m0/s1. The molecule has 0 N–H and O–H groups in total. The molecule has 0 aliphatic heterocycles. The smallest absolute Gasteiger partial charge is 0.235 e. The quantitative estimate of drug-likeness (QED) is 0.675. The number of aromatic nitrogens is 3. The van der Waals surface area contributed by atoms with Crippen molar-refractivity contribution < 1.29 is 9.53 Å². The van der Waals surface area contributed by atoms with Crippen LogP contribution in [0.15, 0.2) is 29.4 Å². The third kappa shape index (κ3) is 4.35. The molecule has 3 rings (SSSR count). The summed E-state index contributed by atoms with van der Waals surface area (Å²) < 4.78 is 7.56. The third-order valence-electron chi connectivity index (χ3n) is 5.48. The fourth-order valence-electron chi connectivity index (χ4n) is 3.85. The second-order valence-electron chi connectivity index (χ2n) is 7.73. The van der Waals surface area contributed by atoms with Crippen LogP contribution in [0, 0.1) is 5.92 Å². The SMILES string of the molecule is COc1ccc(-c2nnc(S[C@@H](C)C(=O)N(C)C)n2[C@H]2CCCC[C@@H]2C)cc1. The number of carbonyl (C=O) groups excluding carboxylic acids is 1. The van der Waals surface area contributed by atoms with Gasteiger partial charge in [0.2, 0.25) is 5.91 Å². The molecule has 1 aromatic heterocycles. The molecule has 28 heavy (non-hydrogen) atoms. The van der Waals surface area contributed by atoms with E-state index in [2.05, 4.69) is 21.7 Å². The molecule has 6 nitrogen and oxygen atoms in total. The van der Waals surface area contributed by atoms with E-state index >= 15 is 0 Å². The van der Waals surface area contributed by atoms with Crippen molar-refractivity contribution in [1.29, 1.82) is 0 Å². The van der Waals surface area contributed by atoms with Gasteiger partial charge in [0.15, 0.2) is 11.0 Å². The molecule has 3 atom stereocenters. The number of nitrogens with zero attached hydrogens (tertiary/aromatic N) is 4. The van der Waals surface area contributed by atoms with Crippen molar-refractivity contribution in [2.75, 3.05) is 21.2 Å². The zero-order valence-electron chi connectivity index (χ0n) is 17.4. The summed E-state index contributed by atoms with van der Waals surface area (Å²) in [6.07, 6.45) is 4.81. The van der Waals surface area contributed by atoms with E-state index in [1.54, 1.807) is 26.1 Å². The highest BCUT2D eigenvalue weighted by Gasteiger charge is 2.30. The van der Waals surface area contributed by atoms with Crippen molar-refractivity contribution in [2.45, 2.75) is 56.0 Å². The Morgan fingerprint density at radius 2 is 1.89 bits per heavy atom. The Morgan fingerprint density at radius 1 is 1.21 bits per heavy atom. The summed E-state index contributed by atoms with van der Waals surface area (Å²) in [4.78, 5) is 14.0. The first-order valence-electron chi connectivity index (χ1n) is 9.89. The number of hydrogen-bond donors (Lipinski definition) is 0. The van der Waals surface area contributed by atoms with Crippen LogP contribution in [0.4, 0.5) is 0 Å². The van der Waals surface area contributed by atoms with E-state index in [9.17, 15) is 4.79 Å². The lowest BCUT2D eigenvalue weighted by atomic mass is 9.85. The highest BCUT2D eigenvalue weighted by atomic mass is 32.2. The first-order valence-corrected chi connectivity index (χ1v) is 10.8. The predicted molar refractivity (Wildman–Crippen MR) is 113 cm³/mol. The Labute approximate surface area is 171 Å². The molecular weight excluding hydrogens is 372 g/mol. The fourth-order valence-corrected chi connectivity index (χ4v) is 4.90. The van der Waals surface area contributed by atoms with Gasteiger partial charge in [-0.3, -0.25) is 9.36 Å². The summed E-state index contributed by atoms with van der Waals surface area (Å²) in [5.74, 6) is 2.33. The number of rotatable bonds is 6. The van der Waals surface area contributed by atoms with Crippen LogP contribution in [-0.2, 0) is 4.79 Å². The fraction of sp³-hybridized carbons (Fsp3) is 0.571. The van der Waals surface area contributed by atoms with Gasteiger partial charge >= 0.3 is 0 Å². The topological polar surface area (TPSA) is 60.3 Å². The summed E-state index contributed by atoms with van der Waals surface area (Å²) in [6, 6.07) is 8.30. The zero-order valence-corrected chi connectivity index (χ0v) is 18.2. The van der Waals surface area contributed by atoms with Gasteiger partial charge in [0.05, 0.1) is 12.4 Å². The first kappa shape index (κ1) is 20.7. The van der Waals surface area contributed by atoms with Gasteiger partial charge < -0.3 is 9.64 Å². The maximum atomic E-state index is 12.4. The normalized spacial score (nSPS) is 20.6. The maximum absolute atomic E-state index is 12.4. The first-order chi connectivity index (χ1) is 13.4. The van der Waals surface area contributed by atoms with Gasteiger partial charge in [0.1, 0.15) is 5.75 Å². The number of hydrogen-bond acceptors (Lipinski definition) is 5. The lowest BCUT2D eigenvalue weighted by molar-refractivity contribution is -0.127. The Balaban J connectivity index is 1.99. The molecule has 7 heteroatoms. The zero-order chi connectivity index (χ0) is 20.3. The van der Waals surface area contributed by atoms with Crippen molar-refractivity contribution in [2.24, 2.45) is 5.92 Å². The Kier molecular flexibility index (Phi) is 6.65. The van der Waals surface area contributed by atoms with Crippen LogP contribution in [0.1, 0.15) is 45.6 Å². The van der Waals surface area contributed by atoms with Gasteiger partial charge in [0.25, 0.3) is 0 Å². The van der Waals surface area contributed by atoms with E-state index in [1.807, 2.05) is 31.2 Å². The summed E-state index contributed by atoms with van der Waals surface area (Å²) in [6.45, 7) is 4.24. The second kappa shape index (κ2) is 8.99. The van der Waals surface area contributed by atoms with E-state index in [0.717, 1.165) is 28.7 Å². The number of carbonyl (C=O) groups is 1. The molecule has 0 saturated heterocycles. The minimum atomic E-state index is -0.208. The summed E-state index contributed by atoms with van der Waals surface area (Å²) in [7, 11) is 5.24. The van der Waals surface area contributed by atoms with Crippen LogP contribution >= 0.6 is 11.8 Å². The van der Waals surface area contributed by atoms with E-state index in [1.165, 1.54) is 31.0 Å². The molecule has 152 valence electrons. The average molecular weight is 403 g/mol. The predicted octanol–water partition coefficient (Wildman–Crippen LogP) is 4.27. The lowest BCUT2D eigenvalue weighted by Gasteiger charge is -2.32. The lowest BCUT2D eigenvalue weighted by Crippen LogP contribution is -2.30. The van der Waals surface area contributed by atoms with Gasteiger partial charge in [-0.2, -0.15) is 0 Å². The van der Waals surface area contributed by atoms with Crippen LogP contribution in [0.5, 0.6) is 5.75 Å². The largest absolute Gasteiger partial charge is 0.497 e. The van der Waals surface area contributed by atoms with Crippen LogP contribution < -0.4 is 4.74 Å². The molecule has 0 bridgehead atoms. The highest BCUT2D eigenvalue weighted by Crippen LogP contribution is 2.40.